The van der Waals surface area contributed by atoms with E-state index in [2.05, 4.69) is 23.6 Å². The number of fused-ring (bicyclic) bond motifs is 3. The summed E-state index contributed by atoms with van der Waals surface area (Å²) in [4.78, 5) is 36.4. The summed E-state index contributed by atoms with van der Waals surface area (Å²) < 4.78 is 32.2. The third-order valence-electron chi connectivity index (χ3n) is 13.1. The number of hydrogen-bond donors (Lipinski definition) is 2. The Hall–Kier alpha value is -5.48. The number of hydrogen-bond acceptors (Lipinski definition) is 13. The highest BCUT2D eigenvalue weighted by Gasteiger charge is 2.65. The number of aliphatic hydroxyl groups is 2. The van der Waals surface area contributed by atoms with E-state index in [9.17, 15) is 20.3 Å². The summed E-state index contributed by atoms with van der Waals surface area (Å²) in [6.45, 7) is 10.4. The molecule has 6 atom stereocenters. The van der Waals surface area contributed by atoms with E-state index in [0.29, 0.717) is 66.5 Å². The molecule has 5 aliphatic rings. The molecule has 0 aromatic heterocycles. The van der Waals surface area contributed by atoms with Crippen LogP contribution in [0.4, 0.5) is 5.69 Å². The monoisotopic (exact) mass is 880 g/mol. The standard InChI is InChI=1S/C49H60N4O11/c1-3-19-52(48(56)35-13-17-43-44(28-35)61-32-60-43)45-30-41(50-63-31-33-11-14-36(15-12-33)53(57)58)39-27-34(9-5-7-23-54)38(10-6-8-24-55)46-40-29-37(59-26-22-51-20-21-51)16-18-42(40)64-49(45,47(39)46)62-25-4-2/h4,11-18,27-29,34,38,45-47,54-55H,2-3,5-10,19-26,30-32H2,1H3/t34-,38+,45-,46+,47+,49+/m0/s1. The van der Waals surface area contributed by atoms with Gasteiger partial charge in [0.2, 0.25) is 12.6 Å². The first-order valence-corrected chi connectivity index (χ1v) is 22.8. The highest BCUT2D eigenvalue weighted by atomic mass is 16.7. The van der Waals surface area contributed by atoms with Crippen molar-refractivity contribution < 1.29 is 48.5 Å². The summed E-state index contributed by atoms with van der Waals surface area (Å²) in [7, 11) is 0. The van der Waals surface area contributed by atoms with Gasteiger partial charge in [-0.25, -0.2) is 0 Å². The maximum absolute atomic E-state index is 15.1. The zero-order valence-electron chi connectivity index (χ0n) is 36.6. The number of benzene rings is 3. The van der Waals surface area contributed by atoms with E-state index >= 15 is 4.79 Å². The lowest BCUT2D eigenvalue weighted by Crippen LogP contribution is -2.70. The Morgan fingerprint density at radius 3 is 2.52 bits per heavy atom. The van der Waals surface area contributed by atoms with Crippen molar-refractivity contribution in [3.05, 3.63) is 112 Å². The molecule has 2 aliphatic carbocycles. The molecule has 0 spiro atoms. The van der Waals surface area contributed by atoms with Crippen LogP contribution in [-0.2, 0) is 16.2 Å². The van der Waals surface area contributed by atoms with Gasteiger partial charge in [-0.3, -0.25) is 19.8 Å². The summed E-state index contributed by atoms with van der Waals surface area (Å²) in [5, 5.41) is 36.2. The number of non-ortho nitro benzene ring substituents is 1. The van der Waals surface area contributed by atoms with Gasteiger partial charge in [0.25, 0.3) is 11.6 Å². The summed E-state index contributed by atoms with van der Waals surface area (Å²) >= 11 is 0. The van der Waals surface area contributed by atoms with Gasteiger partial charge in [-0.1, -0.05) is 37.1 Å². The molecule has 3 aromatic rings. The lowest BCUT2D eigenvalue weighted by Gasteiger charge is -2.60. The Morgan fingerprint density at radius 1 is 1.02 bits per heavy atom. The number of oxime groups is 1. The molecule has 15 heteroatoms. The number of allylic oxidation sites excluding steroid dienone is 1. The first kappa shape index (κ1) is 45.1. The highest BCUT2D eigenvalue weighted by molar-refractivity contribution is 6.03. The van der Waals surface area contributed by atoms with Gasteiger partial charge in [0, 0.05) is 75.0 Å². The fourth-order valence-corrected chi connectivity index (χ4v) is 10.1. The first-order chi connectivity index (χ1) is 31.3. The molecule has 64 heavy (non-hydrogen) atoms. The Balaban J connectivity index is 1.29. The quantitative estimate of drug-likeness (QED) is 0.0318. The molecule has 3 heterocycles. The van der Waals surface area contributed by atoms with E-state index < -0.39 is 22.7 Å². The number of nitro groups is 1. The average Bonchev–Trinajstić information content (AvgIpc) is 4.01. The molecular weight excluding hydrogens is 821 g/mol. The molecular formula is C49H60N4O11. The molecule has 342 valence electrons. The third kappa shape index (κ3) is 9.63. The van der Waals surface area contributed by atoms with Crippen LogP contribution in [0, 0.1) is 27.9 Å². The van der Waals surface area contributed by atoms with Crippen LogP contribution < -0.4 is 18.9 Å². The number of nitro benzene ring substituents is 1. The van der Waals surface area contributed by atoms with Crippen molar-refractivity contribution >= 4 is 17.3 Å². The van der Waals surface area contributed by atoms with Crippen molar-refractivity contribution in [3.63, 3.8) is 0 Å². The number of unbranched alkanes of at least 4 members (excludes halogenated alkanes) is 2. The molecule has 3 aromatic carbocycles. The number of nitrogens with zero attached hydrogens (tertiary/aromatic N) is 4. The Kier molecular flexibility index (Phi) is 14.5. The lowest BCUT2D eigenvalue weighted by molar-refractivity contribution is -0.384. The van der Waals surface area contributed by atoms with Gasteiger partial charge in [0.1, 0.15) is 30.8 Å². The van der Waals surface area contributed by atoms with Crippen molar-refractivity contribution in [3.8, 4) is 23.0 Å². The second-order valence-electron chi connectivity index (χ2n) is 17.2. The maximum atomic E-state index is 15.1. The predicted molar refractivity (Wildman–Crippen MR) is 239 cm³/mol. The second kappa shape index (κ2) is 20.6. The molecule has 2 N–H and O–H groups in total. The number of amides is 1. The molecule has 1 saturated heterocycles. The van der Waals surface area contributed by atoms with Gasteiger partial charge >= 0.3 is 0 Å². The van der Waals surface area contributed by atoms with Crippen molar-refractivity contribution in [1.82, 2.24) is 9.80 Å². The van der Waals surface area contributed by atoms with Crippen molar-refractivity contribution in [2.75, 3.05) is 59.4 Å². The van der Waals surface area contributed by atoms with Gasteiger partial charge in [-0.2, -0.15) is 0 Å². The van der Waals surface area contributed by atoms with Gasteiger partial charge in [0.05, 0.1) is 23.2 Å². The fraction of sp³-hybridized carbons (Fsp3) is 0.510. The van der Waals surface area contributed by atoms with Crippen LogP contribution in [-0.4, -0.2) is 108 Å². The maximum Gasteiger partial charge on any atom is 0.269 e. The van der Waals surface area contributed by atoms with Crippen LogP contribution >= 0.6 is 0 Å². The van der Waals surface area contributed by atoms with E-state index in [1.807, 2.05) is 24.0 Å². The van der Waals surface area contributed by atoms with E-state index in [1.165, 1.54) is 12.1 Å². The highest BCUT2D eigenvalue weighted by Crippen LogP contribution is 2.62. The molecule has 0 unspecified atom stereocenters. The molecule has 15 nitrogen and oxygen atoms in total. The van der Waals surface area contributed by atoms with Gasteiger partial charge in [0.15, 0.2) is 11.5 Å². The zero-order valence-corrected chi connectivity index (χ0v) is 36.6. The molecule has 0 bridgehead atoms. The molecule has 8 rings (SSSR count). The summed E-state index contributed by atoms with van der Waals surface area (Å²) in [6, 6.07) is 16.7. The minimum atomic E-state index is -1.43. The number of carbonyl (C=O) groups is 1. The van der Waals surface area contributed by atoms with E-state index in [4.69, 9.17) is 33.7 Å². The van der Waals surface area contributed by atoms with Gasteiger partial charge in [-0.05, 0) is 104 Å². The van der Waals surface area contributed by atoms with Crippen molar-refractivity contribution in [1.29, 1.82) is 0 Å². The minimum absolute atomic E-state index is 0.0183. The van der Waals surface area contributed by atoms with Gasteiger partial charge in [-0.15, -0.1) is 6.58 Å². The summed E-state index contributed by atoms with van der Waals surface area (Å²) in [5.41, 5.74) is 3.66. The average molecular weight is 881 g/mol. The normalized spacial score (nSPS) is 24.5. The first-order valence-electron chi connectivity index (χ1n) is 22.8. The van der Waals surface area contributed by atoms with Crippen LogP contribution in [0.25, 0.3) is 0 Å². The van der Waals surface area contributed by atoms with Crippen molar-refractivity contribution in [2.45, 2.75) is 82.6 Å². The summed E-state index contributed by atoms with van der Waals surface area (Å²) in [6.07, 6.45) is 9.38. The van der Waals surface area contributed by atoms with E-state index in [1.54, 1.807) is 36.4 Å². The zero-order chi connectivity index (χ0) is 44.6. The largest absolute Gasteiger partial charge is 0.492 e. The van der Waals surface area contributed by atoms with Crippen LogP contribution in [0.3, 0.4) is 0 Å². The molecule has 0 radical (unpaired) electrons. The number of carbonyl (C=O) groups excluding carboxylic acids is 1. The molecule has 1 amide bonds. The third-order valence-corrected chi connectivity index (χ3v) is 13.1. The molecule has 3 aliphatic heterocycles. The number of rotatable bonds is 23. The molecule has 1 saturated carbocycles. The number of ether oxygens (including phenoxy) is 5. The SMILES string of the molecule is C=CCO[C@@]12Oc3ccc(OCCN4CC4)cc3[C@H]3[C@H](CCCCO)[C@@H](CCCCO)C=C(C(=NOCc4ccc([N+](=O)[O-])cc4)C[C@@H]1N(CCC)C(=O)c1ccc4c(c1)OCO4)[C@H]32. The molecule has 2 fully saturated rings. The van der Waals surface area contributed by atoms with Gasteiger partial charge < -0.3 is 43.6 Å². The van der Waals surface area contributed by atoms with Crippen LogP contribution in [0.5, 0.6) is 23.0 Å². The smallest absolute Gasteiger partial charge is 0.269 e. The second-order valence-corrected chi connectivity index (χ2v) is 17.2. The lowest BCUT2D eigenvalue weighted by atomic mass is 9.55. The topological polar surface area (TPSA) is 175 Å². The fourth-order valence-electron chi connectivity index (χ4n) is 10.1. The Morgan fingerprint density at radius 2 is 1.78 bits per heavy atom. The van der Waals surface area contributed by atoms with E-state index in [-0.39, 0.29) is 69.0 Å². The van der Waals surface area contributed by atoms with Crippen LogP contribution in [0.1, 0.15) is 85.7 Å². The van der Waals surface area contributed by atoms with E-state index in [0.717, 1.165) is 62.2 Å². The number of aliphatic hydroxyl groups excluding tert-OH is 2. The van der Waals surface area contributed by atoms with Crippen LogP contribution in [0.2, 0.25) is 0 Å². The Labute approximate surface area is 374 Å². The predicted octanol–water partition coefficient (Wildman–Crippen LogP) is 7.40. The van der Waals surface area contributed by atoms with Crippen molar-refractivity contribution in [2.24, 2.45) is 22.9 Å². The Bertz CT molecular complexity index is 2190. The minimum Gasteiger partial charge on any atom is -0.492 e. The summed E-state index contributed by atoms with van der Waals surface area (Å²) in [5.74, 6) is 0.189. The van der Waals surface area contributed by atoms with Crippen LogP contribution in [0.15, 0.2) is 90.1 Å².